The van der Waals surface area contributed by atoms with Gasteiger partial charge in [0.2, 0.25) is 5.95 Å². The van der Waals surface area contributed by atoms with Crippen molar-refractivity contribution in [2.45, 2.75) is 26.2 Å². The summed E-state index contributed by atoms with van der Waals surface area (Å²) in [7, 11) is 0. The molecule has 0 spiro atoms. The molecule has 1 aromatic carbocycles. The fourth-order valence-electron chi connectivity index (χ4n) is 2.37. The van der Waals surface area contributed by atoms with E-state index in [2.05, 4.69) is 15.3 Å². The molecule has 0 saturated carbocycles. The van der Waals surface area contributed by atoms with Crippen LogP contribution in [0.4, 0.5) is 16.0 Å². The molecule has 1 aromatic heterocycles. The van der Waals surface area contributed by atoms with E-state index in [1.165, 1.54) is 6.07 Å². The highest BCUT2D eigenvalue weighted by atomic mass is 19.1. The number of hydrogen-bond acceptors (Lipinski definition) is 3. The van der Waals surface area contributed by atoms with Gasteiger partial charge in [-0.15, -0.1) is 0 Å². The minimum absolute atomic E-state index is 0.0981. The third-order valence-corrected chi connectivity index (χ3v) is 3.46. The number of hydrogen-bond donors (Lipinski definition) is 2. The second kappa shape index (κ2) is 4.50. The number of nitrogens with one attached hydrogen (secondary N) is 2. The van der Waals surface area contributed by atoms with Crippen LogP contribution in [0.3, 0.4) is 0 Å². The highest BCUT2D eigenvalue weighted by Gasteiger charge is 2.17. The number of H-pyrrole nitrogens is 1. The van der Waals surface area contributed by atoms with Gasteiger partial charge in [0.25, 0.3) is 5.56 Å². The lowest BCUT2D eigenvalue weighted by Gasteiger charge is -2.10. The third kappa shape index (κ3) is 2.12. The zero-order chi connectivity index (χ0) is 13.4. The third-order valence-electron chi connectivity index (χ3n) is 3.46. The van der Waals surface area contributed by atoms with E-state index in [4.69, 9.17) is 0 Å². The lowest BCUT2D eigenvalue weighted by Crippen LogP contribution is -2.16. The standard InChI is InChI=1S/C14H14FN3O/c1-8-10(15)5-3-6-11(8)16-14-17-12-7-2-4-9(12)13(19)18-14/h3,5-6H,2,4,7H2,1H3,(H2,16,17,18,19). The van der Waals surface area contributed by atoms with Gasteiger partial charge >= 0.3 is 0 Å². The molecule has 2 N–H and O–H groups in total. The zero-order valence-electron chi connectivity index (χ0n) is 10.6. The molecule has 1 aliphatic rings. The SMILES string of the molecule is Cc1c(F)cccc1Nc1nc2c(c(=O)[nH]1)CCC2. The van der Waals surface area contributed by atoms with Crippen molar-refractivity contribution in [3.63, 3.8) is 0 Å². The van der Waals surface area contributed by atoms with Gasteiger partial charge in [0.1, 0.15) is 5.82 Å². The van der Waals surface area contributed by atoms with Crippen LogP contribution in [0, 0.1) is 12.7 Å². The Kier molecular flexibility index (Phi) is 2.81. The van der Waals surface area contributed by atoms with E-state index in [0.29, 0.717) is 17.2 Å². The molecule has 2 aromatic rings. The van der Waals surface area contributed by atoms with Gasteiger partial charge in [-0.25, -0.2) is 9.37 Å². The number of fused-ring (bicyclic) bond motifs is 1. The lowest BCUT2D eigenvalue weighted by atomic mass is 10.2. The molecule has 0 bridgehead atoms. The second-order valence-corrected chi connectivity index (χ2v) is 4.73. The van der Waals surface area contributed by atoms with E-state index in [1.807, 2.05) is 0 Å². The van der Waals surface area contributed by atoms with Crippen LogP contribution in [-0.4, -0.2) is 9.97 Å². The number of benzene rings is 1. The fraction of sp³-hybridized carbons (Fsp3) is 0.286. The number of anilines is 2. The van der Waals surface area contributed by atoms with Gasteiger partial charge in [-0.1, -0.05) is 6.07 Å². The fourth-order valence-corrected chi connectivity index (χ4v) is 2.37. The molecule has 5 heteroatoms. The van der Waals surface area contributed by atoms with E-state index >= 15 is 0 Å². The van der Waals surface area contributed by atoms with Gasteiger partial charge in [0, 0.05) is 16.8 Å². The van der Waals surface area contributed by atoms with Crippen molar-refractivity contribution in [2.75, 3.05) is 5.32 Å². The van der Waals surface area contributed by atoms with E-state index in [-0.39, 0.29) is 11.4 Å². The first kappa shape index (κ1) is 11.9. The van der Waals surface area contributed by atoms with Crippen LogP contribution >= 0.6 is 0 Å². The van der Waals surface area contributed by atoms with Gasteiger partial charge in [0.05, 0.1) is 5.69 Å². The van der Waals surface area contributed by atoms with Crippen LogP contribution in [-0.2, 0) is 12.8 Å². The average Bonchev–Trinajstić information content (AvgIpc) is 2.84. The summed E-state index contributed by atoms with van der Waals surface area (Å²) in [6.07, 6.45) is 2.58. The normalized spacial score (nSPS) is 13.4. The van der Waals surface area contributed by atoms with E-state index < -0.39 is 0 Å². The van der Waals surface area contributed by atoms with Crippen LogP contribution in [0.15, 0.2) is 23.0 Å². The highest BCUT2D eigenvalue weighted by molar-refractivity contribution is 5.58. The van der Waals surface area contributed by atoms with Crippen LogP contribution in [0.1, 0.15) is 23.2 Å². The molecule has 98 valence electrons. The molecule has 0 amide bonds. The summed E-state index contributed by atoms with van der Waals surface area (Å²) in [4.78, 5) is 19.0. The number of aromatic nitrogens is 2. The molecule has 0 fully saturated rings. The Morgan fingerprint density at radius 2 is 2.21 bits per heavy atom. The molecule has 0 aliphatic heterocycles. The first-order chi connectivity index (χ1) is 9.15. The summed E-state index contributed by atoms with van der Waals surface area (Å²) < 4.78 is 13.4. The first-order valence-electron chi connectivity index (χ1n) is 6.29. The summed E-state index contributed by atoms with van der Waals surface area (Å²) in [5, 5.41) is 2.98. The van der Waals surface area contributed by atoms with Crippen molar-refractivity contribution in [1.82, 2.24) is 9.97 Å². The van der Waals surface area contributed by atoms with Crippen molar-refractivity contribution < 1.29 is 4.39 Å². The van der Waals surface area contributed by atoms with Gasteiger partial charge in [-0.2, -0.15) is 0 Å². The van der Waals surface area contributed by atoms with Gasteiger partial charge in [-0.05, 0) is 38.3 Å². The van der Waals surface area contributed by atoms with E-state index in [0.717, 1.165) is 30.5 Å². The Bertz CT molecular complexity index is 694. The molecule has 0 atom stereocenters. The smallest absolute Gasteiger partial charge is 0.255 e. The molecule has 0 unspecified atom stereocenters. The minimum Gasteiger partial charge on any atom is -0.325 e. The number of aryl methyl sites for hydroxylation is 1. The predicted molar refractivity (Wildman–Crippen MR) is 71.3 cm³/mol. The second-order valence-electron chi connectivity index (χ2n) is 4.73. The summed E-state index contributed by atoms with van der Waals surface area (Å²) in [6.45, 7) is 1.68. The molecule has 19 heavy (non-hydrogen) atoms. The summed E-state index contributed by atoms with van der Waals surface area (Å²) in [5.74, 6) is 0.0906. The number of rotatable bonds is 2. The van der Waals surface area contributed by atoms with E-state index in [1.54, 1.807) is 19.1 Å². The molecule has 3 rings (SSSR count). The summed E-state index contributed by atoms with van der Waals surface area (Å²) in [5.41, 5.74) is 2.65. The Hall–Kier alpha value is -2.17. The maximum atomic E-state index is 13.4. The van der Waals surface area contributed by atoms with Crippen molar-refractivity contribution in [3.05, 3.63) is 51.2 Å². The maximum absolute atomic E-state index is 13.4. The van der Waals surface area contributed by atoms with Crippen molar-refractivity contribution >= 4 is 11.6 Å². The Labute approximate surface area is 109 Å². The van der Waals surface area contributed by atoms with Crippen molar-refractivity contribution in [3.8, 4) is 0 Å². The topological polar surface area (TPSA) is 57.8 Å². The summed E-state index contributed by atoms with van der Waals surface area (Å²) >= 11 is 0. The van der Waals surface area contributed by atoms with Crippen molar-refractivity contribution in [1.29, 1.82) is 0 Å². The monoisotopic (exact) mass is 259 g/mol. The van der Waals surface area contributed by atoms with Gasteiger partial charge in [-0.3, -0.25) is 9.78 Å². The molecule has 1 heterocycles. The van der Waals surface area contributed by atoms with Crippen LogP contribution in [0.5, 0.6) is 0 Å². The van der Waals surface area contributed by atoms with Crippen LogP contribution in [0.2, 0.25) is 0 Å². The lowest BCUT2D eigenvalue weighted by molar-refractivity contribution is 0.619. The first-order valence-corrected chi connectivity index (χ1v) is 6.29. The van der Waals surface area contributed by atoms with Gasteiger partial charge < -0.3 is 5.32 Å². The molecule has 0 radical (unpaired) electrons. The number of nitrogens with zero attached hydrogens (tertiary/aromatic N) is 1. The Balaban J connectivity index is 1.98. The van der Waals surface area contributed by atoms with E-state index in [9.17, 15) is 9.18 Å². The molecule has 4 nitrogen and oxygen atoms in total. The van der Waals surface area contributed by atoms with Gasteiger partial charge in [0.15, 0.2) is 0 Å². The van der Waals surface area contributed by atoms with Crippen molar-refractivity contribution in [2.24, 2.45) is 0 Å². The molecular weight excluding hydrogens is 245 g/mol. The number of halogens is 1. The predicted octanol–water partition coefficient (Wildman–Crippen LogP) is 2.45. The number of aromatic amines is 1. The molecule has 1 aliphatic carbocycles. The van der Waals surface area contributed by atoms with Crippen LogP contribution < -0.4 is 10.9 Å². The maximum Gasteiger partial charge on any atom is 0.255 e. The zero-order valence-corrected chi connectivity index (χ0v) is 10.6. The highest BCUT2D eigenvalue weighted by Crippen LogP contribution is 2.22. The quantitative estimate of drug-likeness (QED) is 0.871. The Morgan fingerprint density at radius 1 is 1.37 bits per heavy atom. The average molecular weight is 259 g/mol. The molecular formula is C14H14FN3O. The largest absolute Gasteiger partial charge is 0.325 e. The minimum atomic E-state index is -0.284. The Morgan fingerprint density at radius 3 is 3.05 bits per heavy atom. The summed E-state index contributed by atoms with van der Waals surface area (Å²) in [6, 6.07) is 4.78. The molecule has 0 saturated heterocycles. The van der Waals surface area contributed by atoms with Crippen LogP contribution in [0.25, 0.3) is 0 Å².